The van der Waals surface area contributed by atoms with E-state index >= 15 is 0 Å². The molecule has 2 aromatic carbocycles. The van der Waals surface area contributed by atoms with E-state index in [1.54, 1.807) is 24.3 Å². The van der Waals surface area contributed by atoms with Crippen molar-refractivity contribution in [1.29, 1.82) is 5.26 Å². The maximum Gasteiger partial charge on any atom is 0.119 e. The molecule has 0 unspecified atom stereocenters. The molecule has 0 radical (unpaired) electrons. The van der Waals surface area contributed by atoms with Gasteiger partial charge in [-0.2, -0.15) is 15.5 Å². The molecule has 5 heteroatoms. The molecule has 0 aliphatic rings. The van der Waals surface area contributed by atoms with Crippen LogP contribution in [0.1, 0.15) is 18.9 Å². The van der Waals surface area contributed by atoms with Crippen molar-refractivity contribution in [1.82, 2.24) is 0 Å². The van der Waals surface area contributed by atoms with Crippen molar-refractivity contribution in [2.24, 2.45) is 10.2 Å². The van der Waals surface area contributed by atoms with Crippen molar-refractivity contribution in [3.05, 3.63) is 54.1 Å². The van der Waals surface area contributed by atoms with Gasteiger partial charge in [-0.1, -0.05) is 6.92 Å². The number of hydrogen-bond donors (Lipinski definition) is 0. The van der Waals surface area contributed by atoms with Crippen molar-refractivity contribution in [2.75, 3.05) is 19.8 Å². The number of hydrogen-bond acceptors (Lipinski definition) is 5. The minimum Gasteiger partial charge on any atom is -0.491 e. The van der Waals surface area contributed by atoms with Crippen LogP contribution in [0.15, 0.2) is 58.8 Å². The maximum absolute atomic E-state index is 8.74. The fraction of sp³-hybridized carbons (Fsp3) is 0.278. The van der Waals surface area contributed by atoms with Gasteiger partial charge in [-0.05, 0) is 55.0 Å². The summed E-state index contributed by atoms with van der Waals surface area (Å²) in [6.07, 6.45) is 1.01. The van der Waals surface area contributed by atoms with Crippen molar-refractivity contribution in [3.8, 4) is 11.8 Å². The van der Waals surface area contributed by atoms with E-state index in [0.29, 0.717) is 24.5 Å². The average molecular weight is 309 g/mol. The van der Waals surface area contributed by atoms with E-state index < -0.39 is 0 Å². The van der Waals surface area contributed by atoms with Gasteiger partial charge in [0.15, 0.2) is 0 Å². The van der Waals surface area contributed by atoms with E-state index in [2.05, 4.69) is 23.2 Å². The number of nitriles is 1. The Bertz CT molecular complexity index is 658. The molecule has 5 nitrogen and oxygen atoms in total. The lowest BCUT2D eigenvalue weighted by atomic mass is 10.2. The smallest absolute Gasteiger partial charge is 0.119 e. The highest BCUT2D eigenvalue weighted by Gasteiger charge is 1.96. The molecule has 0 aliphatic carbocycles. The number of azo groups is 1. The summed E-state index contributed by atoms with van der Waals surface area (Å²) in [5.41, 5.74) is 2.05. The van der Waals surface area contributed by atoms with Crippen LogP contribution in [0, 0.1) is 11.3 Å². The van der Waals surface area contributed by atoms with Crippen LogP contribution in [0.4, 0.5) is 11.4 Å². The Labute approximate surface area is 136 Å². The van der Waals surface area contributed by atoms with Crippen LogP contribution in [-0.4, -0.2) is 19.8 Å². The number of benzene rings is 2. The van der Waals surface area contributed by atoms with Crippen LogP contribution >= 0.6 is 0 Å². The van der Waals surface area contributed by atoms with Crippen molar-refractivity contribution in [3.63, 3.8) is 0 Å². The second-order valence-electron chi connectivity index (χ2n) is 4.81. The highest BCUT2D eigenvalue weighted by molar-refractivity contribution is 5.44. The molecule has 2 aromatic rings. The second-order valence-corrected chi connectivity index (χ2v) is 4.81. The first kappa shape index (κ1) is 16.7. The lowest BCUT2D eigenvalue weighted by Gasteiger charge is -2.06. The third-order valence-corrected chi connectivity index (χ3v) is 2.96. The minimum absolute atomic E-state index is 0.534. The predicted molar refractivity (Wildman–Crippen MR) is 88.4 cm³/mol. The molecule has 2 rings (SSSR count). The van der Waals surface area contributed by atoms with Crippen LogP contribution in [0.3, 0.4) is 0 Å². The molecular weight excluding hydrogens is 290 g/mol. The van der Waals surface area contributed by atoms with Gasteiger partial charge in [-0.15, -0.1) is 0 Å². The van der Waals surface area contributed by atoms with Crippen molar-refractivity contribution < 1.29 is 9.47 Å². The number of rotatable bonds is 8. The third kappa shape index (κ3) is 5.89. The highest BCUT2D eigenvalue weighted by Crippen LogP contribution is 2.21. The molecule has 0 saturated heterocycles. The van der Waals surface area contributed by atoms with Gasteiger partial charge in [0.2, 0.25) is 0 Å². The standard InChI is InChI=1S/C18H19N3O2/c1-2-11-22-12-13-23-18-9-7-17(8-10-18)21-20-16-5-3-15(14-19)4-6-16/h3-10H,2,11-13H2,1H3/b21-20+. The summed E-state index contributed by atoms with van der Waals surface area (Å²) in [4.78, 5) is 0. The molecule has 0 N–H and O–H groups in total. The molecule has 0 saturated carbocycles. The molecule has 0 spiro atoms. The summed E-state index contributed by atoms with van der Waals surface area (Å²) in [6, 6.07) is 16.4. The Morgan fingerprint density at radius 3 is 2.04 bits per heavy atom. The summed E-state index contributed by atoms with van der Waals surface area (Å²) in [5, 5.41) is 17.0. The first-order valence-corrected chi connectivity index (χ1v) is 7.54. The van der Waals surface area contributed by atoms with Crippen LogP contribution in [0.2, 0.25) is 0 Å². The van der Waals surface area contributed by atoms with Gasteiger partial charge >= 0.3 is 0 Å². The Kier molecular flexibility index (Phi) is 6.76. The molecular formula is C18H19N3O2. The Morgan fingerprint density at radius 1 is 0.870 bits per heavy atom. The number of ether oxygens (including phenoxy) is 2. The monoisotopic (exact) mass is 309 g/mol. The van der Waals surface area contributed by atoms with Gasteiger partial charge in [0.25, 0.3) is 0 Å². The van der Waals surface area contributed by atoms with E-state index in [4.69, 9.17) is 14.7 Å². The third-order valence-electron chi connectivity index (χ3n) is 2.96. The van der Waals surface area contributed by atoms with Gasteiger partial charge < -0.3 is 9.47 Å². The molecule has 0 heterocycles. The van der Waals surface area contributed by atoms with E-state index in [0.717, 1.165) is 24.5 Å². The van der Waals surface area contributed by atoms with E-state index in [-0.39, 0.29) is 0 Å². The van der Waals surface area contributed by atoms with Gasteiger partial charge in [-0.25, -0.2) is 0 Å². The lowest BCUT2D eigenvalue weighted by molar-refractivity contribution is 0.101. The zero-order valence-electron chi connectivity index (χ0n) is 13.1. The largest absolute Gasteiger partial charge is 0.491 e. The SMILES string of the molecule is CCCOCCOc1ccc(/N=N/c2ccc(C#N)cc2)cc1. The summed E-state index contributed by atoms with van der Waals surface area (Å²) < 4.78 is 10.9. The summed E-state index contributed by atoms with van der Waals surface area (Å²) in [5.74, 6) is 0.780. The Balaban J connectivity index is 1.84. The quantitative estimate of drug-likeness (QED) is 0.520. The molecule has 0 amide bonds. The van der Waals surface area contributed by atoms with E-state index in [1.807, 2.05) is 24.3 Å². The van der Waals surface area contributed by atoms with Crippen LogP contribution in [-0.2, 0) is 4.74 Å². The van der Waals surface area contributed by atoms with Crippen LogP contribution in [0.25, 0.3) is 0 Å². The van der Waals surface area contributed by atoms with E-state index in [1.165, 1.54) is 0 Å². The first-order valence-electron chi connectivity index (χ1n) is 7.54. The van der Waals surface area contributed by atoms with Gasteiger partial charge in [0, 0.05) is 6.61 Å². The molecule has 0 aromatic heterocycles. The molecule has 0 fully saturated rings. The zero-order valence-corrected chi connectivity index (χ0v) is 13.1. The molecule has 0 bridgehead atoms. The normalized spacial score (nSPS) is 10.6. The van der Waals surface area contributed by atoms with E-state index in [9.17, 15) is 0 Å². The topological polar surface area (TPSA) is 67.0 Å². The predicted octanol–water partition coefficient (Wildman–Crippen LogP) is 4.78. The van der Waals surface area contributed by atoms with Crippen molar-refractivity contribution in [2.45, 2.75) is 13.3 Å². The summed E-state index contributed by atoms with van der Waals surface area (Å²) in [7, 11) is 0. The van der Waals surface area contributed by atoms with Crippen LogP contribution < -0.4 is 4.74 Å². The minimum atomic E-state index is 0.534. The first-order chi connectivity index (χ1) is 11.3. The maximum atomic E-state index is 8.74. The summed E-state index contributed by atoms with van der Waals surface area (Å²) >= 11 is 0. The lowest BCUT2D eigenvalue weighted by Crippen LogP contribution is -2.06. The molecule has 23 heavy (non-hydrogen) atoms. The molecule has 0 atom stereocenters. The molecule has 118 valence electrons. The Hall–Kier alpha value is -2.71. The van der Waals surface area contributed by atoms with Crippen molar-refractivity contribution >= 4 is 11.4 Å². The van der Waals surface area contributed by atoms with Crippen LogP contribution in [0.5, 0.6) is 5.75 Å². The molecule has 0 aliphatic heterocycles. The number of nitrogens with zero attached hydrogens (tertiary/aromatic N) is 3. The highest BCUT2D eigenvalue weighted by atomic mass is 16.5. The zero-order chi connectivity index (χ0) is 16.3. The van der Waals surface area contributed by atoms with Gasteiger partial charge in [0.1, 0.15) is 12.4 Å². The van der Waals surface area contributed by atoms with Gasteiger partial charge in [-0.3, -0.25) is 0 Å². The fourth-order valence-corrected chi connectivity index (χ4v) is 1.79. The summed E-state index contributed by atoms with van der Waals surface area (Å²) in [6.45, 7) is 3.96. The average Bonchev–Trinajstić information content (AvgIpc) is 2.61. The fourth-order valence-electron chi connectivity index (χ4n) is 1.79. The second kappa shape index (κ2) is 9.34. The van der Waals surface area contributed by atoms with Gasteiger partial charge in [0.05, 0.1) is 29.6 Å². The Morgan fingerprint density at radius 2 is 1.48 bits per heavy atom.